The summed E-state index contributed by atoms with van der Waals surface area (Å²) in [4.78, 5) is 0. The van der Waals surface area contributed by atoms with E-state index in [0.29, 0.717) is 5.69 Å². The number of amidine groups is 1. The third-order valence-corrected chi connectivity index (χ3v) is 2.12. The predicted molar refractivity (Wildman–Crippen MR) is 56.0 cm³/mol. The van der Waals surface area contributed by atoms with E-state index in [1.807, 2.05) is 0 Å². The van der Waals surface area contributed by atoms with Crippen LogP contribution in [-0.2, 0) is 0 Å². The number of aromatic hydroxyl groups is 1. The number of hydrogen-bond donors (Lipinski definition) is 3. The van der Waals surface area contributed by atoms with E-state index in [4.69, 9.17) is 16.4 Å². The molecule has 1 aromatic rings. The second-order valence-electron chi connectivity index (χ2n) is 2.40. The highest BCUT2D eigenvalue weighted by atomic mass is 32.2. The Balaban J connectivity index is 2.83. The van der Waals surface area contributed by atoms with Crippen LogP contribution in [0.5, 0.6) is 5.75 Å². The van der Waals surface area contributed by atoms with Crippen molar-refractivity contribution in [3.8, 4) is 5.75 Å². The van der Waals surface area contributed by atoms with Gasteiger partial charge in [0.25, 0.3) is 0 Å². The van der Waals surface area contributed by atoms with Crippen molar-refractivity contribution in [3.63, 3.8) is 0 Å². The number of thioether (sulfide) groups is 1. The lowest BCUT2D eigenvalue weighted by Gasteiger charge is -2.17. The summed E-state index contributed by atoms with van der Waals surface area (Å²) in [6.07, 6.45) is 1.78. The minimum atomic E-state index is 0.188. The van der Waals surface area contributed by atoms with Gasteiger partial charge in [-0.15, -0.1) is 0 Å². The highest BCUT2D eigenvalue weighted by Gasteiger charge is 2.05. The summed E-state index contributed by atoms with van der Waals surface area (Å²) in [6.45, 7) is 0. The van der Waals surface area contributed by atoms with Crippen molar-refractivity contribution in [1.82, 2.24) is 0 Å². The van der Waals surface area contributed by atoms with Gasteiger partial charge in [-0.1, -0.05) is 11.8 Å². The lowest BCUT2D eigenvalue weighted by atomic mass is 10.3. The molecular weight excluding hydrogens is 186 g/mol. The molecule has 0 saturated heterocycles. The number of nitrogens with zero attached hydrogens (tertiary/aromatic N) is 1. The second-order valence-corrected chi connectivity index (χ2v) is 3.19. The van der Waals surface area contributed by atoms with E-state index >= 15 is 0 Å². The normalized spacial score (nSPS) is 9.69. The number of phenols is 1. The lowest BCUT2D eigenvalue weighted by Crippen LogP contribution is -2.34. The fraction of sp³-hybridized carbons (Fsp3) is 0.125. The molecule has 0 aliphatic heterocycles. The van der Waals surface area contributed by atoms with E-state index in [0.717, 1.165) is 0 Å². The Kier molecular flexibility index (Phi) is 3.16. The molecule has 1 aromatic carbocycles. The lowest BCUT2D eigenvalue weighted by molar-refractivity contribution is 0.475. The fourth-order valence-corrected chi connectivity index (χ4v) is 1.13. The van der Waals surface area contributed by atoms with Crippen molar-refractivity contribution < 1.29 is 5.11 Å². The molecule has 0 aliphatic rings. The Hall–Kier alpha value is -1.20. The molecule has 0 unspecified atom stereocenters. The van der Waals surface area contributed by atoms with Crippen molar-refractivity contribution in [3.05, 3.63) is 24.3 Å². The highest BCUT2D eigenvalue weighted by Crippen LogP contribution is 2.17. The Morgan fingerprint density at radius 2 is 2.00 bits per heavy atom. The van der Waals surface area contributed by atoms with Gasteiger partial charge in [0.15, 0.2) is 5.17 Å². The molecule has 70 valence electrons. The van der Waals surface area contributed by atoms with Crippen LogP contribution < -0.4 is 10.9 Å². The van der Waals surface area contributed by atoms with Gasteiger partial charge in [-0.3, -0.25) is 10.4 Å². The first-order chi connectivity index (χ1) is 6.15. The monoisotopic (exact) mass is 197 g/mol. The van der Waals surface area contributed by atoms with Crippen LogP contribution in [0.15, 0.2) is 24.3 Å². The number of rotatable bonds is 1. The van der Waals surface area contributed by atoms with Gasteiger partial charge in [0.05, 0.1) is 5.69 Å². The first-order valence-corrected chi connectivity index (χ1v) is 4.84. The molecule has 0 aromatic heterocycles. The Labute approximate surface area is 80.8 Å². The van der Waals surface area contributed by atoms with E-state index in [-0.39, 0.29) is 10.9 Å². The van der Waals surface area contributed by atoms with Crippen LogP contribution in [0.4, 0.5) is 5.69 Å². The maximum absolute atomic E-state index is 9.02. The van der Waals surface area contributed by atoms with Crippen LogP contribution >= 0.6 is 11.8 Å². The van der Waals surface area contributed by atoms with Gasteiger partial charge in [-0.25, -0.2) is 5.84 Å². The maximum Gasteiger partial charge on any atom is 0.175 e. The predicted octanol–water partition coefficient (Wildman–Crippen LogP) is 1.37. The molecule has 0 atom stereocenters. The van der Waals surface area contributed by atoms with Crippen LogP contribution in [-0.4, -0.2) is 16.5 Å². The maximum atomic E-state index is 9.02. The van der Waals surface area contributed by atoms with Crippen molar-refractivity contribution in [2.75, 3.05) is 11.3 Å². The van der Waals surface area contributed by atoms with Crippen molar-refractivity contribution in [1.29, 1.82) is 5.41 Å². The van der Waals surface area contributed by atoms with E-state index in [9.17, 15) is 0 Å². The number of hydrogen-bond acceptors (Lipinski definition) is 4. The number of nitrogens with one attached hydrogen (secondary N) is 1. The van der Waals surface area contributed by atoms with Gasteiger partial charge in [0.2, 0.25) is 0 Å². The second kappa shape index (κ2) is 4.15. The molecule has 5 heteroatoms. The van der Waals surface area contributed by atoms with E-state index < -0.39 is 0 Å². The molecule has 0 bridgehead atoms. The molecule has 0 fully saturated rings. The third kappa shape index (κ3) is 2.37. The van der Waals surface area contributed by atoms with Crippen LogP contribution in [0.3, 0.4) is 0 Å². The first-order valence-electron chi connectivity index (χ1n) is 3.61. The summed E-state index contributed by atoms with van der Waals surface area (Å²) < 4.78 is 0. The zero-order chi connectivity index (χ0) is 9.84. The molecule has 4 nitrogen and oxygen atoms in total. The SMILES string of the molecule is CSC(=N)N(N)c1ccc(O)cc1. The molecule has 0 spiro atoms. The Bertz CT molecular complexity index is 299. The fourth-order valence-electron chi connectivity index (χ4n) is 0.829. The highest BCUT2D eigenvalue weighted by molar-refractivity contribution is 8.13. The average Bonchev–Trinajstić information content (AvgIpc) is 2.17. The number of hydrazine groups is 1. The largest absolute Gasteiger partial charge is 0.508 e. The quantitative estimate of drug-likeness (QED) is 0.275. The average molecular weight is 197 g/mol. The summed E-state index contributed by atoms with van der Waals surface area (Å²) in [5, 5.41) is 18.0. The minimum Gasteiger partial charge on any atom is -0.508 e. The summed E-state index contributed by atoms with van der Waals surface area (Å²) in [7, 11) is 0. The Morgan fingerprint density at radius 1 is 1.46 bits per heavy atom. The molecular formula is C8H11N3OS. The van der Waals surface area contributed by atoms with Crippen LogP contribution in [0.2, 0.25) is 0 Å². The standard InChI is InChI=1S/C8H11N3OS/c1-13-8(9)11(10)6-2-4-7(12)5-3-6/h2-5,9,12H,10H2,1H3. The van der Waals surface area contributed by atoms with Gasteiger partial charge in [-0.05, 0) is 30.5 Å². The van der Waals surface area contributed by atoms with Gasteiger partial charge >= 0.3 is 0 Å². The number of benzene rings is 1. The first kappa shape index (κ1) is 9.88. The summed E-state index contributed by atoms with van der Waals surface area (Å²) >= 11 is 1.25. The van der Waals surface area contributed by atoms with Gasteiger partial charge in [0, 0.05) is 0 Å². The van der Waals surface area contributed by atoms with Gasteiger partial charge < -0.3 is 5.11 Å². The molecule has 0 amide bonds. The zero-order valence-corrected chi connectivity index (χ0v) is 8.01. The van der Waals surface area contributed by atoms with E-state index in [1.165, 1.54) is 28.9 Å². The zero-order valence-electron chi connectivity index (χ0n) is 7.19. The molecule has 1 rings (SSSR count). The van der Waals surface area contributed by atoms with Gasteiger partial charge in [-0.2, -0.15) is 0 Å². The molecule has 4 N–H and O–H groups in total. The third-order valence-electron chi connectivity index (χ3n) is 1.54. The molecule has 0 heterocycles. The minimum absolute atomic E-state index is 0.188. The van der Waals surface area contributed by atoms with E-state index in [2.05, 4.69) is 0 Å². The summed E-state index contributed by atoms with van der Waals surface area (Å²) in [5.41, 5.74) is 0.678. The molecule has 13 heavy (non-hydrogen) atoms. The Morgan fingerprint density at radius 3 is 2.46 bits per heavy atom. The summed E-state index contributed by atoms with van der Waals surface area (Å²) in [5.74, 6) is 5.79. The van der Waals surface area contributed by atoms with Crippen molar-refractivity contribution in [2.24, 2.45) is 5.84 Å². The topological polar surface area (TPSA) is 73.3 Å². The van der Waals surface area contributed by atoms with E-state index in [1.54, 1.807) is 18.4 Å². The molecule has 0 aliphatic carbocycles. The van der Waals surface area contributed by atoms with Crippen molar-refractivity contribution in [2.45, 2.75) is 0 Å². The summed E-state index contributed by atoms with van der Waals surface area (Å²) in [6, 6.07) is 6.37. The molecule has 0 radical (unpaired) electrons. The number of anilines is 1. The van der Waals surface area contributed by atoms with Crippen LogP contribution in [0.25, 0.3) is 0 Å². The number of nitrogens with two attached hydrogens (primary N) is 1. The van der Waals surface area contributed by atoms with Gasteiger partial charge in [0.1, 0.15) is 5.75 Å². The van der Waals surface area contributed by atoms with Crippen molar-refractivity contribution >= 4 is 22.6 Å². The van der Waals surface area contributed by atoms with Crippen LogP contribution in [0.1, 0.15) is 0 Å². The van der Waals surface area contributed by atoms with Crippen LogP contribution in [0, 0.1) is 5.41 Å². The number of phenolic OH excluding ortho intramolecular Hbond substituents is 1. The smallest absolute Gasteiger partial charge is 0.175 e. The molecule has 0 saturated carbocycles.